The Balaban J connectivity index is 2.20. The summed E-state index contributed by atoms with van der Waals surface area (Å²) in [4.78, 5) is 1.90. The van der Waals surface area contributed by atoms with Crippen LogP contribution in [-0.4, -0.2) is 23.8 Å². The van der Waals surface area contributed by atoms with Crippen molar-refractivity contribution in [2.24, 2.45) is 5.92 Å². The second kappa shape index (κ2) is 4.01. The number of hydrogen-bond donors (Lipinski definition) is 1. The summed E-state index contributed by atoms with van der Waals surface area (Å²) in [6.45, 7) is 4.91. The Morgan fingerprint density at radius 3 is 2.65 bits per heavy atom. The van der Waals surface area contributed by atoms with Crippen LogP contribution in [0.5, 0.6) is 0 Å². The molecule has 0 amide bonds. The predicted molar refractivity (Wildman–Crippen MR) is 63.1 cm³/mol. The molecule has 1 N–H and O–H groups in total. The Labute approximate surface area is 100 Å². The molecule has 1 saturated heterocycles. The summed E-state index contributed by atoms with van der Waals surface area (Å²) in [7, 11) is 0. The second-order valence-electron chi connectivity index (χ2n) is 4.89. The van der Waals surface area contributed by atoms with Gasteiger partial charge < -0.3 is 10.0 Å². The maximum absolute atomic E-state index is 13.0. The highest BCUT2D eigenvalue weighted by molar-refractivity contribution is 5.61. The van der Waals surface area contributed by atoms with Crippen LogP contribution in [0.3, 0.4) is 0 Å². The standard InChI is InChI=1S/C13H15FN2O/c1-9(2)13(17)7-16(8-13)12-4-3-11(14)5-10(12)6-15/h3-5,9,17H,7-8H2,1-2H3. The van der Waals surface area contributed by atoms with Gasteiger partial charge in [0, 0.05) is 13.1 Å². The zero-order valence-electron chi connectivity index (χ0n) is 9.94. The molecule has 4 heteroatoms. The molecule has 0 bridgehead atoms. The molecule has 1 aromatic rings. The topological polar surface area (TPSA) is 47.3 Å². The smallest absolute Gasteiger partial charge is 0.124 e. The molecular formula is C13H15FN2O. The van der Waals surface area contributed by atoms with Crippen molar-refractivity contribution >= 4 is 5.69 Å². The van der Waals surface area contributed by atoms with Crippen molar-refractivity contribution in [1.82, 2.24) is 0 Å². The molecule has 17 heavy (non-hydrogen) atoms. The number of halogens is 1. The third kappa shape index (κ3) is 1.98. The average Bonchev–Trinajstić information content (AvgIpc) is 2.24. The Kier molecular flexibility index (Phi) is 2.80. The Bertz CT molecular complexity index is 473. The van der Waals surface area contributed by atoms with Crippen molar-refractivity contribution in [1.29, 1.82) is 5.26 Å². The van der Waals surface area contributed by atoms with Gasteiger partial charge >= 0.3 is 0 Å². The molecule has 90 valence electrons. The number of β-amino-alcohol motifs (C(OH)–C–C–N with tert-alkyl or cyclic N) is 1. The number of anilines is 1. The van der Waals surface area contributed by atoms with Crippen molar-refractivity contribution in [2.45, 2.75) is 19.4 Å². The molecule has 1 aliphatic heterocycles. The van der Waals surface area contributed by atoms with Gasteiger partial charge in [-0.1, -0.05) is 13.8 Å². The van der Waals surface area contributed by atoms with Gasteiger partial charge in [-0.2, -0.15) is 5.26 Å². The summed E-state index contributed by atoms with van der Waals surface area (Å²) < 4.78 is 13.0. The van der Waals surface area contributed by atoms with Crippen molar-refractivity contribution < 1.29 is 9.50 Å². The lowest BCUT2D eigenvalue weighted by atomic mass is 9.82. The first-order valence-electron chi connectivity index (χ1n) is 5.63. The maximum atomic E-state index is 13.0. The lowest BCUT2D eigenvalue weighted by Crippen LogP contribution is -2.64. The van der Waals surface area contributed by atoms with E-state index in [1.165, 1.54) is 12.1 Å². The lowest BCUT2D eigenvalue weighted by molar-refractivity contribution is -0.0300. The molecule has 0 saturated carbocycles. The third-order valence-electron chi connectivity index (χ3n) is 3.42. The normalized spacial score (nSPS) is 17.8. The second-order valence-corrected chi connectivity index (χ2v) is 4.89. The van der Waals surface area contributed by atoms with E-state index in [1.54, 1.807) is 6.07 Å². The molecule has 0 spiro atoms. The summed E-state index contributed by atoms with van der Waals surface area (Å²) >= 11 is 0. The van der Waals surface area contributed by atoms with E-state index in [4.69, 9.17) is 5.26 Å². The minimum Gasteiger partial charge on any atom is -0.386 e. The molecular weight excluding hydrogens is 219 g/mol. The molecule has 1 heterocycles. The lowest BCUT2D eigenvalue weighted by Gasteiger charge is -2.50. The first-order chi connectivity index (χ1) is 7.96. The van der Waals surface area contributed by atoms with E-state index < -0.39 is 11.4 Å². The van der Waals surface area contributed by atoms with Crippen LogP contribution < -0.4 is 4.90 Å². The van der Waals surface area contributed by atoms with E-state index in [9.17, 15) is 9.50 Å². The van der Waals surface area contributed by atoms with E-state index in [0.29, 0.717) is 24.3 Å². The van der Waals surface area contributed by atoms with Crippen molar-refractivity contribution in [2.75, 3.05) is 18.0 Å². The highest BCUT2D eigenvalue weighted by Crippen LogP contribution is 2.34. The SMILES string of the molecule is CC(C)C1(O)CN(c2ccc(F)cc2C#N)C1. The highest BCUT2D eigenvalue weighted by atomic mass is 19.1. The summed E-state index contributed by atoms with van der Waals surface area (Å²) in [5.74, 6) is -0.241. The fourth-order valence-corrected chi connectivity index (χ4v) is 2.02. The number of benzene rings is 1. The summed E-state index contributed by atoms with van der Waals surface area (Å²) in [6, 6.07) is 6.13. The monoisotopic (exact) mass is 234 g/mol. The van der Waals surface area contributed by atoms with Crippen molar-refractivity contribution in [3.63, 3.8) is 0 Å². The number of rotatable bonds is 2. The van der Waals surface area contributed by atoms with Gasteiger partial charge in [-0.15, -0.1) is 0 Å². The first kappa shape index (κ1) is 11.9. The summed E-state index contributed by atoms with van der Waals surface area (Å²) in [5.41, 5.74) is 0.316. The number of nitrogens with zero attached hydrogens (tertiary/aromatic N) is 2. The van der Waals surface area contributed by atoms with Gasteiger partial charge in [-0.3, -0.25) is 0 Å². The number of nitriles is 1. The molecule has 3 nitrogen and oxygen atoms in total. The Hall–Kier alpha value is -1.60. The van der Waals surface area contributed by atoms with Crippen LogP contribution in [0.1, 0.15) is 19.4 Å². The van der Waals surface area contributed by atoms with Crippen molar-refractivity contribution in [3.8, 4) is 6.07 Å². The number of aliphatic hydroxyl groups is 1. The Morgan fingerprint density at radius 2 is 2.12 bits per heavy atom. The molecule has 0 atom stereocenters. The molecule has 0 aromatic heterocycles. The largest absolute Gasteiger partial charge is 0.386 e. The van der Waals surface area contributed by atoms with E-state index in [1.807, 2.05) is 24.8 Å². The van der Waals surface area contributed by atoms with Crippen LogP contribution in [0.2, 0.25) is 0 Å². The molecule has 0 aliphatic carbocycles. The zero-order valence-corrected chi connectivity index (χ0v) is 9.94. The van der Waals surface area contributed by atoms with Gasteiger partial charge in [0.05, 0.1) is 11.3 Å². The predicted octanol–water partition coefficient (Wildman–Crippen LogP) is 1.90. The fraction of sp³-hybridized carbons (Fsp3) is 0.462. The quantitative estimate of drug-likeness (QED) is 0.850. The molecule has 2 rings (SSSR count). The van der Waals surface area contributed by atoms with E-state index >= 15 is 0 Å². The third-order valence-corrected chi connectivity index (χ3v) is 3.42. The van der Waals surface area contributed by atoms with E-state index in [-0.39, 0.29) is 5.92 Å². The molecule has 0 unspecified atom stereocenters. The van der Waals surface area contributed by atoms with Crippen LogP contribution in [-0.2, 0) is 0 Å². The van der Waals surface area contributed by atoms with Gasteiger partial charge in [0.1, 0.15) is 17.5 Å². The van der Waals surface area contributed by atoms with Crippen LogP contribution >= 0.6 is 0 Å². The van der Waals surface area contributed by atoms with Gasteiger partial charge in [-0.25, -0.2) is 4.39 Å². The van der Waals surface area contributed by atoms with Crippen molar-refractivity contribution in [3.05, 3.63) is 29.6 Å². The van der Waals surface area contributed by atoms with Gasteiger partial charge in [0.2, 0.25) is 0 Å². The molecule has 1 fully saturated rings. The minimum atomic E-state index is -0.693. The number of hydrogen-bond acceptors (Lipinski definition) is 3. The summed E-state index contributed by atoms with van der Waals surface area (Å²) in [6.07, 6.45) is 0. The fourth-order valence-electron chi connectivity index (χ4n) is 2.02. The molecule has 1 aliphatic rings. The zero-order chi connectivity index (χ0) is 12.6. The van der Waals surface area contributed by atoms with E-state index in [2.05, 4.69) is 0 Å². The average molecular weight is 234 g/mol. The molecule has 0 radical (unpaired) electrons. The van der Waals surface area contributed by atoms with E-state index in [0.717, 1.165) is 0 Å². The van der Waals surface area contributed by atoms with Crippen LogP contribution in [0, 0.1) is 23.1 Å². The minimum absolute atomic E-state index is 0.171. The van der Waals surface area contributed by atoms with Gasteiger partial charge in [0.25, 0.3) is 0 Å². The van der Waals surface area contributed by atoms with Crippen LogP contribution in [0.4, 0.5) is 10.1 Å². The molecule has 1 aromatic carbocycles. The van der Waals surface area contributed by atoms with Crippen LogP contribution in [0.25, 0.3) is 0 Å². The maximum Gasteiger partial charge on any atom is 0.124 e. The Morgan fingerprint density at radius 1 is 1.47 bits per heavy atom. The summed E-state index contributed by atoms with van der Waals surface area (Å²) in [5, 5.41) is 19.1. The van der Waals surface area contributed by atoms with Gasteiger partial charge in [-0.05, 0) is 24.1 Å². The van der Waals surface area contributed by atoms with Gasteiger partial charge in [0.15, 0.2) is 0 Å². The first-order valence-corrected chi connectivity index (χ1v) is 5.63. The van der Waals surface area contributed by atoms with Crippen LogP contribution in [0.15, 0.2) is 18.2 Å². The highest BCUT2D eigenvalue weighted by Gasteiger charge is 2.44.